The molecular formula is C8H10BrN3OS. The second-order valence-corrected chi connectivity index (χ2v) is 4.47. The van der Waals surface area contributed by atoms with E-state index in [4.69, 9.17) is 11.5 Å². The second-order valence-electron chi connectivity index (χ2n) is 2.61. The van der Waals surface area contributed by atoms with E-state index in [0.717, 1.165) is 9.50 Å². The van der Waals surface area contributed by atoms with Gasteiger partial charge in [-0.05, 0) is 28.1 Å². The van der Waals surface area contributed by atoms with Crippen LogP contribution in [0.1, 0.15) is 0 Å². The van der Waals surface area contributed by atoms with Crippen LogP contribution in [-0.2, 0) is 4.79 Å². The molecule has 0 fully saturated rings. The number of pyridine rings is 1. The average Bonchev–Trinajstić information content (AvgIpc) is 2.16. The van der Waals surface area contributed by atoms with Gasteiger partial charge in [0.25, 0.3) is 0 Å². The number of carbonyl (C=O) groups excluding carboxylic acids is 1. The molecule has 1 aromatic rings. The van der Waals surface area contributed by atoms with E-state index in [1.54, 1.807) is 6.20 Å². The lowest BCUT2D eigenvalue weighted by Gasteiger charge is -2.06. The lowest BCUT2D eigenvalue weighted by atomic mass is 10.3. The Balaban J connectivity index is 2.54. The fourth-order valence-electron chi connectivity index (χ4n) is 0.728. The summed E-state index contributed by atoms with van der Waals surface area (Å²) in [4.78, 5) is 14.8. The minimum Gasteiger partial charge on any atom is -0.368 e. The Labute approximate surface area is 94.6 Å². The molecule has 0 saturated carbocycles. The first-order valence-electron chi connectivity index (χ1n) is 3.89. The van der Waals surface area contributed by atoms with Gasteiger partial charge in [0.05, 0.1) is 6.04 Å². The molecule has 1 rings (SSSR count). The number of primary amides is 1. The van der Waals surface area contributed by atoms with Crippen LogP contribution < -0.4 is 11.5 Å². The molecule has 4 N–H and O–H groups in total. The molecule has 0 aliphatic heterocycles. The summed E-state index contributed by atoms with van der Waals surface area (Å²) in [6.07, 6.45) is 1.68. The summed E-state index contributed by atoms with van der Waals surface area (Å²) in [6.45, 7) is 0. The van der Waals surface area contributed by atoms with E-state index in [-0.39, 0.29) is 0 Å². The van der Waals surface area contributed by atoms with Crippen LogP contribution in [0, 0.1) is 0 Å². The molecule has 0 bridgehead atoms. The van der Waals surface area contributed by atoms with Crippen LogP contribution in [0.2, 0.25) is 0 Å². The molecular weight excluding hydrogens is 266 g/mol. The van der Waals surface area contributed by atoms with Crippen molar-refractivity contribution in [1.82, 2.24) is 4.98 Å². The molecule has 1 aromatic heterocycles. The van der Waals surface area contributed by atoms with Crippen molar-refractivity contribution < 1.29 is 4.79 Å². The predicted molar refractivity (Wildman–Crippen MR) is 59.8 cm³/mol. The number of nitrogens with zero attached hydrogens (tertiary/aromatic N) is 1. The fraction of sp³-hybridized carbons (Fsp3) is 0.250. The van der Waals surface area contributed by atoms with Crippen molar-refractivity contribution in [3.8, 4) is 0 Å². The van der Waals surface area contributed by atoms with Gasteiger partial charge in [0, 0.05) is 16.4 Å². The standard InChI is InChI=1S/C8H10BrN3OS/c9-5-2-1-3-12-8(5)14-4-6(10)7(11)13/h1-3,6H,4,10H2,(H2,11,13). The lowest BCUT2D eigenvalue weighted by molar-refractivity contribution is -0.118. The summed E-state index contributed by atoms with van der Waals surface area (Å²) in [6, 6.07) is 3.07. The number of thioether (sulfide) groups is 1. The number of rotatable bonds is 4. The Kier molecular flexibility index (Phi) is 4.37. The summed E-state index contributed by atoms with van der Waals surface area (Å²) >= 11 is 4.74. The van der Waals surface area contributed by atoms with Crippen LogP contribution >= 0.6 is 27.7 Å². The molecule has 0 radical (unpaired) electrons. The zero-order valence-electron chi connectivity index (χ0n) is 7.31. The first kappa shape index (κ1) is 11.5. The highest BCUT2D eigenvalue weighted by atomic mass is 79.9. The van der Waals surface area contributed by atoms with Crippen molar-refractivity contribution in [1.29, 1.82) is 0 Å². The quantitative estimate of drug-likeness (QED) is 0.795. The maximum atomic E-state index is 10.7. The van der Waals surface area contributed by atoms with E-state index in [9.17, 15) is 4.79 Å². The molecule has 0 aromatic carbocycles. The second kappa shape index (κ2) is 5.33. The minimum atomic E-state index is -0.631. The normalized spacial score (nSPS) is 12.4. The van der Waals surface area contributed by atoms with Crippen LogP contribution in [-0.4, -0.2) is 22.7 Å². The molecule has 0 aliphatic carbocycles. The lowest BCUT2D eigenvalue weighted by Crippen LogP contribution is -2.38. The molecule has 76 valence electrons. The third-order valence-electron chi connectivity index (χ3n) is 1.49. The number of nitrogens with two attached hydrogens (primary N) is 2. The Morgan fingerprint density at radius 1 is 1.71 bits per heavy atom. The Bertz CT molecular complexity index is 334. The molecule has 1 amide bonds. The maximum Gasteiger partial charge on any atom is 0.235 e. The number of halogens is 1. The first-order valence-corrected chi connectivity index (χ1v) is 5.67. The molecule has 4 nitrogen and oxygen atoms in total. The van der Waals surface area contributed by atoms with Crippen molar-refractivity contribution in [2.45, 2.75) is 11.1 Å². The van der Waals surface area contributed by atoms with Crippen LogP contribution in [0.15, 0.2) is 27.8 Å². The van der Waals surface area contributed by atoms with Gasteiger partial charge in [-0.1, -0.05) is 0 Å². The van der Waals surface area contributed by atoms with Crippen molar-refractivity contribution in [3.05, 3.63) is 22.8 Å². The Morgan fingerprint density at radius 3 is 3.00 bits per heavy atom. The number of hydrogen-bond acceptors (Lipinski definition) is 4. The van der Waals surface area contributed by atoms with Crippen molar-refractivity contribution in [2.24, 2.45) is 11.5 Å². The SMILES string of the molecule is NC(=O)C(N)CSc1ncccc1Br. The highest BCUT2D eigenvalue weighted by Crippen LogP contribution is 2.24. The summed E-state index contributed by atoms with van der Waals surface area (Å²) in [5.41, 5.74) is 10.5. The summed E-state index contributed by atoms with van der Waals surface area (Å²) in [5.74, 6) is -0.0603. The van der Waals surface area contributed by atoms with E-state index in [1.807, 2.05) is 12.1 Å². The zero-order chi connectivity index (χ0) is 10.6. The van der Waals surface area contributed by atoms with E-state index < -0.39 is 11.9 Å². The monoisotopic (exact) mass is 275 g/mol. The van der Waals surface area contributed by atoms with Gasteiger partial charge in [-0.3, -0.25) is 4.79 Å². The van der Waals surface area contributed by atoms with Crippen LogP contribution in [0.3, 0.4) is 0 Å². The highest BCUT2D eigenvalue weighted by Gasteiger charge is 2.10. The predicted octanol–water partition coefficient (Wildman–Crippen LogP) is 0.749. The molecule has 1 heterocycles. The van der Waals surface area contributed by atoms with E-state index in [2.05, 4.69) is 20.9 Å². The van der Waals surface area contributed by atoms with Gasteiger partial charge in [0.15, 0.2) is 0 Å². The molecule has 6 heteroatoms. The van der Waals surface area contributed by atoms with Crippen LogP contribution in [0.4, 0.5) is 0 Å². The molecule has 0 saturated heterocycles. The van der Waals surface area contributed by atoms with E-state index in [0.29, 0.717) is 5.75 Å². The van der Waals surface area contributed by atoms with Gasteiger partial charge in [-0.15, -0.1) is 11.8 Å². The highest BCUT2D eigenvalue weighted by molar-refractivity contribution is 9.10. The smallest absolute Gasteiger partial charge is 0.235 e. The van der Waals surface area contributed by atoms with Crippen LogP contribution in [0.5, 0.6) is 0 Å². The Morgan fingerprint density at radius 2 is 2.43 bits per heavy atom. The molecule has 0 spiro atoms. The first-order chi connectivity index (χ1) is 6.61. The fourth-order valence-corrected chi connectivity index (χ4v) is 2.17. The number of carbonyl (C=O) groups is 1. The van der Waals surface area contributed by atoms with E-state index >= 15 is 0 Å². The van der Waals surface area contributed by atoms with Gasteiger partial charge in [0.1, 0.15) is 5.03 Å². The number of amides is 1. The van der Waals surface area contributed by atoms with Gasteiger partial charge in [0.2, 0.25) is 5.91 Å². The van der Waals surface area contributed by atoms with E-state index in [1.165, 1.54) is 11.8 Å². The van der Waals surface area contributed by atoms with Gasteiger partial charge in [-0.25, -0.2) is 4.98 Å². The number of aromatic nitrogens is 1. The van der Waals surface area contributed by atoms with Crippen LogP contribution in [0.25, 0.3) is 0 Å². The molecule has 0 aliphatic rings. The molecule has 1 atom stereocenters. The summed E-state index contributed by atoms with van der Waals surface area (Å²) < 4.78 is 0.890. The average molecular weight is 276 g/mol. The van der Waals surface area contributed by atoms with Gasteiger partial charge in [-0.2, -0.15) is 0 Å². The summed E-state index contributed by atoms with van der Waals surface area (Å²) in [5, 5.41) is 0.809. The zero-order valence-corrected chi connectivity index (χ0v) is 9.72. The maximum absolute atomic E-state index is 10.7. The van der Waals surface area contributed by atoms with Crippen molar-refractivity contribution in [2.75, 3.05) is 5.75 Å². The number of hydrogen-bond donors (Lipinski definition) is 2. The summed E-state index contributed by atoms with van der Waals surface area (Å²) in [7, 11) is 0. The van der Waals surface area contributed by atoms with Crippen molar-refractivity contribution >= 4 is 33.6 Å². The third kappa shape index (κ3) is 3.28. The largest absolute Gasteiger partial charge is 0.368 e. The minimum absolute atomic E-state index is 0.435. The molecule has 14 heavy (non-hydrogen) atoms. The topological polar surface area (TPSA) is 82.0 Å². The molecule has 1 unspecified atom stereocenters. The third-order valence-corrected chi connectivity index (χ3v) is 3.52. The Hall–Kier alpha value is -0.590. The van der Waals surface area contributed by atoms with Crippen molar-refractivity contribution in [3.63, 3.8) is 0 Å². The van der Waals surface area contributed by atoms with Gasteiger partial charge >= 0.3 is 0 Å². The van der Waals surface area contributed by atoms with Gasteiger partial charge < -0.3 is 11.5 Å².